The van der Waals surface area contributed by atoms with Crippen molar-refractivity contribution in [3.05, 3.63) is 52.2 Å². The molecule has 0 amide bonds. The molecule has 0 radical (unpaired) electrons. The fraction of sp³-hybridized carbons (Fsp3) is 0.154. The number of benzene rings is 1. The summed E-state index contributed by atoms with van der Waals surface area (Å²) >= 11 is 1.40. The predicted molar refractivity (Wildman–Crippen MR) is 66.9 cm³/mol. The van der Waals surface area contributed by atoms with Crippen LogP contribution in [0.15, 0.2) is 41.8 Å². The topological polar surface area (TPSA) is 52.2 Å². The number of thiophene rings is 1. The van der Waals surface area contributed by atoms with E-state index in [-0.39, 0.29) is 0 Å². The van der Waals surface area contributed by atoms with Crippen molar-refractivity contribution in [1.29, 1.82) is 0 Å². The molecular formula is C13H12NO2S-. The second-order valence-corrected chi connectivity index (χ2v) is 4.76. The number of carboxylic acids is 1. The number of nitrogens with one attached hydrogen (secondary N) is 1. The van der Waals surface area contributed by atoms with Crippen LogP contribution in [-0.4, -0.2) is 5.97 Å². The third kappa shape index (κ3) is 2.85. The van der Waals surface area contributed by atoms with Crippen molar-refractivity contribution >= 4 is 23.0 Å². The highest BCUT2D eigenvalue weighted by Gasteiger charge is 2.13. The van der Waals surface area contributed by atoms with Crippen LogP contribution in [0, 0.1) is 6.92 Å². The zero-order chi connectivity index (χ0) is 12.3. The van der Waals surface area contributed by atoms with Crippen LogP contribution in [0.2, 0.25) is 0 Å². The molecule has 0 spiro atoms. The SMILES string of the molecule is Cc1ccc(N[C@H](C(=O)[O-])c2cccs2)cc1. The van der Waals surface area contributed by atoms with E-state index in [0.29, 0.717) is 0 Å². The van der Waals surface area contributed by atoms with Crippen LogP contribution in [-0.2, 0) is 4.79 Å². The molecule has 1 heterocycles. The molecule has 1 aromatic carbocycles. The zero-order valence-electron chi connectivity index (χ0n) is 9.34. The molecule has 88 valence electrons. The molecule has 1 atom stereocenters. The van der Waals surface area contributed by atoms with Gasteiger partial charge in [-0.05, 0) is 30.5 Å². The van der Waals surface area contributed by atoms with Gasteiger partial charge in [0.25, 0.3) is 0 Å². The molecule has 3 nitrogen and oxygen atoms in total. The number of carbonyl (C=O) groups excluding carboxylic acids is 1. The number of hydrogen-bond acceptors (Lipinski definition) is 4. The van der Waals surface area contributed by atoms with Gasteiger partial charge in [-0.1, -0.05) is 23.8 Å². The third-order valence-corrected chi connectivity index (χ3v) is 3.36. The van der Waals surface area contributed by atoms with Crippen LogP contribution in [0.3, 0.4) is 0 Å². The van der Waals surface area contributed by atoms with Gasteiger partial charge >= 0.3 is 0 Å². The average Bonchev–Trinajstić information content (AvgIpc) is 2.81. The summed E-state index contributed by atoms with van der Waals surface area (Å²) < 4.78 is 0. The lowest BCUT2D eigenvalue weighted by molar-refractivity contribution is -0.307. The minimum atomic E-state index is -1.12. The Hall–Kier alpha value is -1.81. The van der Waals surface area contributed by atoms with Crippen LogP contribution >= 0.6 is 11.3 Å². The van der Waals surface area contributed by atoms with Crippen LogP contribution < -0.4 is 10.4 Å². The zero-order valence-corrected chi connectivity index (χ0v) is 10.2. The minimum Gasteiger partial charge on any atom is -0.547 e. The Kier molecular flexibility index (Phi) is 3.44. The molecule has 0 unspecified atom stereocenters. The van der Waals surface area contributed by atoms with E-state index in [4.69, 9.17) is 0 Å². The van der Waals surface area contributed by atoms with E-state index in [9.17, 15) is 9.90 Å². The fourth-order valence-corrected chi connectivity index (χ4v) is 2.28. The molecule has 0 fully saturated rings. The molecule has 0 aliphatic carbocycles. The van der Waals surface area contributed by atoms with Crippen molar-refractivity contribution in [3.8, 4) is 0 Å². The summed E-state index contributed by atoms with van der Waals surface area (Å²) in [5.41, 5.74) is 1.91. The van der Waals surface area contributed by atoms with Crippen LogP contribution in [0.5, 0.6) is 0 Å². The monoisotopic (exact) mass is 246 g/mol. The van der Waals surface area contributed by atoms with E-state index < -0.39 is 12.0 Å². The van der Waals surface area contributed by atoms with Gasteiger partial charge in [-0.2, -0.15) is 0 Å². The summed E-state index contributed by atoms with van der Waals surface area (Å²) in [6.45, 7) is 1.99. The molecule has 1 N–H and O–H groups in total. The van der Waals surface area contributed by atoms with Crippen LogP contribution in [0.1, 0.15) is 16.5 Å². The molecular weight excluding hydrogens is 234 g/mol. The lowest BCUT2D eigenvalue weighted by atomic mass is 10.2. The lowest BCUT2D eigenvalue weighted by Gasteiger charge is -2.19. The average molecular weight is 246 g/mol. The number of carboxylic acid groups (broad SMARTS) is 1. The van der Waals surface area contributed by atoms with Gasteiger partial charge in [0.15, 0.2) is 0 Å². The van der Waals surface area contributed by atoms with Gasteiger partial charge in [-0.15, -0.1) is 11.3 Å². The first-order chi connectivity index (χ1) is 8.16. The quantitative estimate of drug-likeness (QED) is 0.897. The molecule has 2 rings (SSSR count). The van der Waals surface area contributed by atoms with E-state index in [1.165, 1.54) is 11.3 Å². The molecule has 1 aromatic heterocycles. The number of aryl methyl sites for hydroxylation is 1. The summed E-state index contributed by atoms with van der Waals surface area (Å²) in [6, 6.07) is 10.4. The number of aliphatic carboxylic acids is 1. The maximum atomic E-state index is 11.1. The van der Waals surface area contributed by atoms with Crippen molar-refractivity contribution in [2.75, 3.05) is 5.32 Å². The second-order valence-electron chi connectivity index (χ2n) is 3.78. The van der Waals surface area contributed by atoms with Crippen molar-refractivity contribution in [1.82, 2.24) is 0 Å². The number of hydrogen-bond donors (Lipinski definition) is 1. The second kappa shape index (κ2) is 5.01. The van der Waals surface area contributed by atoms with Crippen molar-refractivity contribution in [2.45, 2.75) is 13.0 Å². The van der Waals surface area contributed by atoms with E-state index in [2.05, 4.69) is 5.32 Å². The maximum Gasteiger partial charge on any atom is 0.101 e. The van der Waals surface area contributed by atoms with Crippen molar-refractivity contribution in [3.63, 3.8) is 0 Å². The lowest BCUT2D eigenvalue weighted by Crippen LogP contribution is -2.33. The Morgan fingerprint density at radius 1 is 1.29 bits per heavy atom. The highest BCUT2D eigenvalue weighted by atomic mass is 32.1. The Balaban J connectivity index is 2.19. The molecule has 4 heteroatoms. The van der Waals surface area contributed by atoms with E-state index in [1.807, 2.05) is 42.6 Å². The number of carbonyl (C=O) groups is 1. The number of rotatable bonds is 4. The maximum absolute atomic E-state index is 11.1. The Labute approximate surface area is 104 Å². The molecule has 0 saturated carbocycles. The normalized spacial score (nSPS) is 12.1. The Morgan fingerprint density at radius 2 is 2.00 bits per heavy atom. The van der Waals surface area contributed by atoms with Crippen molar-refractivity contribution in [2.24, 2.45) is 0 Å². The van der Waals surface area contributed by atoms with Gasteiger partial charge in [-0.3, -0.25) is 0 Å². The molecule has 0 bridgehead atoms. The molecule has 2 aromatic rings. The highest BCUT2D eigenvalue weighted by Crippen LogP contribution is 2.23. The summed E-state index contributed by atoms with van der Waals surface area (Å²) in [4.78, 5) is 11.8. The smallest absolute Gasteiger partial charge is 0.101 e. The van der Waals surface area contributed by atoms with Gasteiger partial charge in [0.1, 0.15) is 6.04 Å². The molecule has 0 saturated heterocycles. The fourth-order valence-electron chi connectivity index (χ4n) is 1.52. The molecule has 0 aliphatic heterocycles. The van der Waals surface area contributed by atoms with E-state index >= 15 is 0 Å². The predicted octanol–water partition coefficient (Wildman–Crippen LogP) is 1.96. The number of anilines is 1. The Bertz CT molecular complexity index is 491. The van der Waals surface area contributed by atoms with Crippen molar-refractivity contribution < 1.29 is 9.90 Å². The summed E-state index contributed by atoms with van der Waals surface area (Å²) in [7, 11) is 0. The van der Waals surface area contributed by atoms with E-state index in [1.54, 1.807) is 6.07 Å². The first-order valence-electron chi connectivity index (χ1n) is 5.24. The van der Waals surface area contributed by atoms with Gasteiger partial charge in [0, 0.05) is 10.6 Å². The minimum absolute atomic E-state index is 0.741. The first-order valence-corrected chi connectivity index (χ1v) is 6.12. The summed E-state index contributed by atoms with van der Waals surface area (Å²) in [6.07, 6.45) is 0. The molecule has 17 heavy (non-hydrogen) atoms. The highest BCUT2D eigenvalue weighted by molar-refractivity contribution is 7.10. The van der Waals surface area contributed by atoms with Crippen LogP contribution in [0.25, 0.3) is 0 Å². The standard InChI is InChI=1S/C13H13NO2S/c1-9-4-6-10(7-5-9)14-12(13(15)16)11-3-2-8-17-11/h2-8,12,14H,1H3,(H,15,16)/p-1/t12-/m0/s1. The van der Waals surface area contributed by atoms with E-state index in [0.717, 1.165) is 16.1 Å². The largest absolute Gasteiger partial charge is 0.547 e. The van der Waals surface area contributed by atoms with Gasteiger partial charge < -0.3 is 15.2 Å². The first kappa shape index (κ1) is 11.7. The van der Waals surface area contributed by atoms with Gasteiger partial charge in [0.2, 0.25) is 0 Å². The van der Waals surface area contributed by atoms with Crippen LogP contribution in [0.4, 0.5) is 5.69 Å². The van der Waals surface area contributed by atoms with Gasteiger partial charge in [-0.25, -0.2) is 0 Å². The molecule has 0 aliphatic rings. The Morgan fingerprint density at radius 3 is 2.53 bits per heavy atom. The van der Waals surface area contributed by atoms with Gasteiger partial charge in [0.05, 0.1) is 5.97 Å². The summed E-state index contributed by atoms with van der Waals surface area (Å²) in [5, 5.41) is 15.9. The summed E-state index contributed by atoms with van der Waals surface area (Å²) in [5.74, 6) is -1.12. The third-order valence-electron chi connectivity index (χ3n) is 2.43.